The first-order chi connectivity index (χ1) is 27.6. The number of rotatable bonds is 16. The molecule has 1 aliphatic heterocycles. The maximum absolute atomic E-state index is 14.0. The van der Waals surface area contributed by atoms with Gasteiger partial charge in [-0.3, -0.25) is 28.8 Å². The Morgan fingerprint density at radius 3 is 2.02 bits per heavy atom. The number of allylic oxidation sites excluding steroid dienone is 3. The molecule has 17 heteroatoms. The third kappa shape index (κ3) is 20.7. The zero-order chi connectivity index (χ0) is 45.5. The molecule has 1 saturated carbocycles. The highest BCUT2D eigenvalue weighted by Crippen LogP contribution is 2.30. The molecule has 336 valence electrons. The van der Waals surface area contributed by atoms with Gasteiger partial charge in [0, 0.05) is 27.1 Å². The van der Waals surface area contributed by atoms with Crippen molar-refractivity contribution >= 4 is 41.4 Å². The summed E-state index contributed by atoms with van der Waals surface area (Å²) < 4.78 is 45.3. The Balaban J connectivity index is 0.00000641. The van der Waals surface area contributed by atoms with Gasteiger partial charge in [0.05, 0.1) is 12.6 Å². The monoisotopic (exact) mass is 843 g/mol. The number of hydrogen-bond donors (Lipinski definition) is 4. The second-order valence-corrected chi connectivity index (χ2v) is 15.4. The van der Waals surface area contributed by atoms with Gasteiger partial charge in [0.1, 0.15) is 23.7 Å². The molecule has 59 heavy (non-hydrogen) atoms. The van der Waals surface area contributed by atoms with Crippen LogP contribution in [0.1, 0.15) is 120 Å². The van der Waals surface area contributed by atoms with Gasteiger partial charge < -0.3 is 35.8 Å². The van der Waals surface area contributed by atoms with Crippen LogP contribution in [-0.2, 0) is 33.5 Å². The molecule has 0 radical (unpaired) electrons. The maximum atomic E-state index is 14.0. The van der Waals surface area contributed by atoms with Gasteiger partial charge in [-0.2, -0.15) is 13.2 Å². The van der Waals surface area contributed by atoms with Crippen molar-refractivity contribution in [2.45, 2.75) is 156 Å². The lowest BCUT2D eigenvalue weighted by molar-refractivity contribution is -0.147. The number of ether oxygens (including phenoxy) is 1. The molecule has 4 N–H and O–H groups in total. The van der Waals surface area contributed by atoms with Gasteiger partial charge in [0.15, 0.2) is 0 Å². The summed E-state index contributed by atoms with van der Waals surface area (Å²) in [6.07, 6.45) is 4.08. The van der Waals surface area contributed by atoms with Crippen molar-refractivity contribution in [3.63, 3.8) is 0 Å². The van der Waals surface area contributed by atoms with Crippen molar-refractivity contribution in [1.29, 1.82) is 0 Å². The molecule has 2 aliphatic rings. The van der Waals surface area contributed by atoms with Crippen molar-refractivity contribution in [2.75, 3.05) is 27.2 Å². The first-order valence-corrected chi connectivity index (χ1v) is 20.5. The molecular formula is C42H69F3N6O8. The number of likely N-dealkylation sites (N-methyl/N-ethyl adjacent to an activating group) is 1. The number of Topliss-reactive ketones (excluding diaryl/α,β-unsaturated/α-hetero) is 1. The van der Waals surface area contributed by atoms with E-state index in [9.17, 15) is 46.7 Å². The lowest BCUT2D eigenvalue weighted by Crippen LogP contribution is -2.58. The number of nitrogens with one attached hydrogen (secondary N) is 4. The van der Waals surface area contributed by atoms with Crippen LogP contribution < -0.4 is 21.3 Å². The molecule has 0 aromatic carbocycles. The largest absolute Gasteiger partial charge is 0.444 e. The van der Waals surface area contributed by atoms with Gasteiger partial charge in [0.2, 0.25) is 29.4 Å². The summed E-state index contributed by atoms with van der Waals surface area (Å²) >= 11 is 0. The minimum absolute atomic E-state index is 0.113. The molecule has 4 unspecified atom stereocenters. The molecule has 2 rings (SSSR count). The van der Waals surface area contributed by atoms with E-state index in [4.69, 9.17) is 4.74 Å². The molecule has 1 aliphatic carbocycles. The number of ketones is 1. The third-order valence-electron chi connectivity index (χ3n) is 8.86. The molecular weight excluding hydrogens is 773 g/mol. The first kappa shape index (κ1) is 54.3. The minimum Gasteiger partial charge on any atom is -0.444 e. The number of nitrogens with zero attached hydrogens (tertiary/aromatic N) is 2. The highest BCUT2D eigenvalue weighted by Gasteiger charge is 2.43. The Labute approximate surface area is 348 Å². The van der Waals surface area contributed by atoms with Crippen LogP contribution in [0.15, 0.2) is 36.5 Å². The van der Waals surface area contributed by atoms with E-state index in [1.54, 1.807) is 45.9 Å². The van der Waals surface area contributed by atoms with Crippen LogP contribution in [0.2, 0.25) is 0 Å². The number of alkyl halides is 3. The Morgan fingerprint density at radius 1 is 0.898 bits per heavy atom. The van der Waals surface area contributed by atoms with Crippen LogP contribution >= 0.6 is 0 Å². The van der Waals surface area contributed by atoms with Crippen LogP contribution in [-0.4, -0.2) is 114 Å². The van der Waals surface area contributed by atoms with E-state index in [1.807, 2.05) is 19.2 Å². The second-order valence-electron chi connectivity index (χ2n) is 15.4. The van der Waals surface area contributed by atoms with Gasteiger partial charge in [0.25, 0.3) is 5.91 Å². The number of carbonyl (C=O) groups excluding carboxylic acids is 7. The molecule has 14 nitrogen and oxygen atoms in total. The topological polar surface area (TPSA) is 183 Å². The fraction of sp³-hybridized carbons (Fsp3) is 0.690. The van der Waals surface area contributed by atoms with Crippen LogP contribution in [0.25, 0.3) is 0 Å². The second kappa shape index (κ2) is 27.1. The molecule has 0 bridgehead atoms. The lowest BCUT2D eigenvalue weighted by Gasteiger charge is -2.35. The van der Waals surface area contributed by atoms with Gasteiger partial charge in [-0.15, -0.1) is 0 Å². The number of alkyl carbamates (subject to hydrolysis) is 1. The summed E-state index contributed by atoms with van der Waals surface area (Å²) in [4.78, 5) is 94.3. The average molecular weight is 843 g/mol. The minimum atomic E-state index is -4.74. The summed E-state index contributed by atoms with van der Waals surface area (Å²) in [6, 6.07) is -5.40. The molecule has 0 spiro atoms. The SMILES string of the molecule is C=C(/C=C\C=C/C)C(NC(=O)CNC(=O)C(=O)C(CCC(F)(F)F)NC(=O)C1CCCN1C(=O)C(NC(=O)OC(C)(C)C)C1CCCCC1)C(=O)N(C)C.CC.CCC. The number of carbonyl (C=O) groups is 7. The van der Waals surface area contributed by atoms with Crippen LogP contribution in [0.4, 0.5) is 18.0 Å². The van der Waals surface area contributed by atoms with E-state index < -0.39 is 96.7 Å². The summed E-state index contributed by atoms with van der Waals surface area (Å²) in [5.74, 6) is -6.07. The fourth-order valence-electron chi connectivity index (χ4n) is 6.19. The normalized spacial score (nSPS) is 17.2. The maximum Gasteiger partial charge on any atom is 0.408 e. The van der Waals surface area contributed by atoms with Gasteiger partial charge >= 0.3 is 12.3 Å². The molecule has 4 atom stereocenters. The number of amides is 6. The smallest absolute Gasteiger partial charge is 0.408 e. The highest BCUT2D eigenvalue weighted by atomic mass is 19.4. The van der Waals surface area contributed by atoms with Gasteiger partial charge in [-0.1, -0.05) is 84.3 Å². The Kier molecular flexibility index (Phi) is 25.0. The summed E-state index contributed by atoms with van der Waals surface area (Å²) in [6.45, 7) is 18.1. The van der Waals surface area contributed by atoms with Crippen molar-refractivity contribution in [2.24, 2.45) is 5.92 Å². The third-order valence-corrected chi connectivity index (χ3v) is 8.86. The highest BCUT2D eigenvalue weighted by molar-refractivity contribution is 6.38. The number of likely N-dealkylation sites (tertiary alicyclic amines) is 1. The van der Waals surface area contributed by atoms with Crippen LogP contribution in [0, 0.1) is 5.92 Å². The quantitative estimate of drug-likeness (QED) is 0.113. The molecule has 0 aromatic heterocycles. The Bertz CT molecular complexity index is 1470. The zero-order valence-electron chi connectivity index (χ0n) is 36.7. The molecule has 1 saturated heterocycles. The van der Waals surface area contributed by atoms with E-state index in [2.05, 4.69) is 36.4 Å². The van der Waals surface area contributed by atoms with Crippen LogP contribution in [0.3, 0.4) is 0 Å². The predicted molar refractivity (Wildman–Crippen MR) is 221 cm³/mol. The van der Waals surface area contributed by atoms with E-state index in [1.165, 1.54) is 36.4 Å². The molecule has 1 heterocycles. The van der Waals surface area contributed by atoms with Gasteiger partial charge in [-0.05, 0) is 71.3 Å². The Morgan fingerprint density at radius 2 is 1.49 bits per heavy atom. The van der Waals surface area contributed by atoms with Crippen molar-refractivity contribution < 1.29 is 51.5 Å². The van der Waals surface area contributed by atoms with E-state index in [-0.39, 0.29) is 24.5 Å². The van der Waals surface area contributed by atoms with E-state index in [0.717, 1.165) is 19.3 Å². The van der Waals surface area contributed by atoms with Gasteiger partial charge in [-0.25, -0.2) is 4.79 Å². The van der Waals surface area contributed by atoms with Crippen LogP contribution in [0.5, 0.6) is 0 Å². The predicted octanol–water partition coefficient (Wildman–Crippen LogP) is 5.67. The molecule has 0 aromatic rings. The standard InChI is InChI=1S/C37H55F3N6O8.C3H8.C2H6/c1-8-9-11-15-23(2)28(33(51)45(6)7)43-27(47)22-41-32(50)30(48)25(19-20-37(38,39)40)42-31(49)26-18-14-21-46(26)34(52)29(24-16-12-10-13-17-24)44-35(53)54-36(3,4)5;1-3-2;1-2/h8-9,11,15,24-26,28-29H,2,10,12-14,16-22H2,1,3-7H3,(H,41,50)(H,42,49)(H,43,47)(H,44,53);3H2,1-2H3;1-2H3/b9-8-,15-11-;;. The average Bonchev–Trinajstić information content (AvgIpc) is 3.67. The van der Waals surface area contributed by atoms with E-state index in [0.29, 0.717) is 19.3 Å². The summed E-state index contributed by atoms with van der Waals surface area (Å²) in [5, 5.41) is 9.38. The fourth-order valence-corrected chi connectivity index (χ4v) is 6.19. The molecule has 6 amide bonds. The molecule has 2 fully saturated rings. The first-order valence-electron chi connectivity index (χ1n) is 20.5. The summed E-state index contributed by atoms with van der Waals surface area (Å²) in [7, 11) is 2.91. The van der Waals surface area contributed by atoms with E-state index >= 15 is 0 Å². The Hall–Kier alpha value is -4.70. The summed E-state index contributed by atoms with van der Waals surface area (Å²) in [5.41, 5.74) is -0.636. The number of hydrogen-bond acceptors (Lipinski definition) is 8. The zero-order valence-corrected chi connectivity index (χ0v) is 36.7. The van der Waals surface area contributed by atoms with Crippen molar-refractivity contribution in [3.05, 3.63) is 36.5 Å². The number of halogens is 3. The van der Waals surface area contributed by atoms with Crippen molar-refractivity contribution in [1.82, 2.24) is 31.1 Å². The lowest BCUT2D eigenvalue weighted by atomic mass is 9.83. The van der Waals surface area contributed by atoms with Crippen molar-refractivity contribution in [3.8, 4) is 0 Å².